The van der Waals surface area contributed by atoms with Gasteiger partial charge in [0, 0.05) is 43.4 Å². The topological polar surface area (TPSA) is 37.3 Å². The lowest BCUT2D eigenvalue weighted by atomic mass is 10.0. The van der Waals surface area contributed by atoms with E-state index in [9.17, 15) is 4.79 Å². The maximum atomic E-state index is 12.4. The summed E-state index contributed by atoms with van der Waals surface area (Å²) in [6, 6.07) is 15.2. The van der Waals surface area contributed by atoms with Gasteiger partial charge in [0.2, 0.25) is 0 Å². The maximum Gasteiger partial charge on any atom is 0.263 e. The number of aryl methyl sites for hydroxylation is 1. The number of carbonyl (C=O) groups is 1. The number of para-hydroxylation sites is 1. The zero-order chi connectivity index (χ0) is 17.9. The van der Waals surface area contributed by atoms with Gasteiger partial charge in [-0.05, 0) is 48.7 Å². The number of fused-ring (bicyclic) bond motifs is 1. The van der Waals surface area contributed by atoms with Gasteiger partial charge in [0.15, 0.2) is 0 Å². The Balaban J connectivity index is 1.27. The van der Waals surface area contributed by atoms with Crippen LogP contribution in [0.1, 0.15) is 28.2 Å². The van der Waals surface area contributed by atoms with Crippen LogP contribution in [0, 0.1) is 6.92 Å². The van der Waals surface area contributed by atoms with Gasteiger partial charge >= 0.3 is 0 Å². The van der Waals surface area contributed by atoms with Crippen molar-refractivity contribution in [1.29, 1.82) is 0 Å². The summed E-state index contributed by atoms with van der Waals surface area (Å²) in [5, 5.41) is 6.97. The molecule has 1 N–H and O–H groups in total. The molecule has 26 heavy (non-hydrogen) atoms. The summed E-state index contributed by atoms with van der Waals surface area (Å²) in [7, 11) is 0. The van der Waals surface area contributed by atoms with E-state index in [1.54, 1.807) is 0 Å². The van der Waals surface area contributed by atoms with Gasteiger partial charge in [-0.25, -0.2) is 0 Å². The Labute approximate surface area is 158 Å². The van der Waals surface area contributed by atoms with Crippen LogP contribution in [0.4, 0.5) is 0 Å². The fourth-order valence-electron chi connectivity index (χ4n) is 3.87. The molecule has 1 aromatic carbocycles. The van der Waals surface area contributed by atoms with Crippen LogP contribution in [0.3, 0.4) is 0 Å². The fraction of sp³-hybridized carbons (Fsp3) is 0.381. The molecule has 5 heteroatoms. The Hall–Kier alpha value is -2.11. The van der Waals surface area contributed by atoms with Crippen molar-refractivity contribution >= 4 is 28.1 Å². The second-order valence-corrected chi connectivity index (χ2v) is 7.94. The Bertz CT molecular complexity index is 876. The van der Waals surface area contributed by atoms with Gasteiger partial charge in [-0.3, -0.25) is 4.79 Å². The van der Waals surface area contributed by atoms with Gasteiger partial charge in [-0.15, -0.1) is 11.3 Å². The van der Waals surface area contributed by atoms with Crippen LogP contribution in [0.5, 0.6) is 0 Å². The van der Waals surface area contributed by atoms with Crippen LogP contribution in [0.15, 0.2) is 47.8 Å². The second kappa shape index (κ2) is 7.64. The summed E-state index contributed by atoms with van der Waals surface area (Å²) < 4.78 is 2.39. The molecular formula is C21H25N3OS. The van der Waals surface area contributed by atoms with Gasteiger partial charge in [0.1, 0.15) is 0 Å². The normalized spacial score (nSPS) is 15.7. The largest absolute Gasteiger partial charge is 0.344 e. The minimum Gasteiger partial charge on any atom is -0.344 e. The van der Waals surface area contributed by atoms with Crippen molar-refractivity contribution in [3.8, 4) is 0 Å². The van der Waals surface area contributed by atoms with Crippen molar-refractivity contribution < 1.29 is 4.79 Å². The molecule has 4 rings (SSSR count). The summed E-state index contributed by atoms with van der Waals surface area (Å²) in [5.74, 6) is 0.188. The van der Waals surface area contributed by atoms with E-state index in [4.69, 9.17) is 0 Å². The molecule has 1 amide bonds. The van der Waals surface area contributed by atoms with E-state index >= 15 is 0 Å². The molecule has 0 unspecified atom stereocenters. The molecule has 0 saturated carbocycles. The van der Waals surface area contributed by atoms with Gasteiger partial charge in [0.25, 0.3) is 5.91 Å². The predicted molar refractivity (Wildman–Crippen MR) is 108 cm³/mol. The predicted octanol–water partition coefficient (Wildman–Crippen LogP) is 3.91. The van der Waals surface area contributed by atoms with Crippen molar-refractivity contribution in [2.24, 2.45) is 0 Å². The summed E-state index contributed by atoms with van der Waals surface area (Å²) in [6.45, 7) is 5.81. The number of thiophene rings is 1. The van der Waals surface area contributed by atoms with Crippen LogP contribution in [-0.4, -0.2) is 41.1 Å². The van der Waals surface area contributed by atoms with E-state index < -0.39 is 0 Å². The quantitative estimate of drug-likeness (QED) is 0.742. The van der Waals surface area contributed by atoms with Crippen molar-refractivity contribution in [1.82, 2.24) is 14.8 Å². The summed E-state index contributed by atoms with van der Waals surface area (Å²) in [6.07, 6.45) is 2.06. The zero-order valence-corrected chi connectivity index (χ0v) is 16.0. The first-order chi connectivity index (χ1) is 12.7. The summed E-state index contributed by atoms with van der Waals surface area (Å²) in [4.78, 5) is 15.3. The van der Waals surface area contributed by atoms with Crippen molar-refractivity contribution in [2.75, 3.05) is 19.6 Å². The molecule has 0 radical (unpaired) electrons. The first-order valence-electron chi connectivity index (χ1n) is 9.33. The first kappa shape index (κ1) is 17.3. The minimum absolute atomic E-state index is 0.188. The number of nitrogens with one attached hydrogen (secondary N) is 1. The average Bonchev–Trinajstić information content (AvgIpc) is 3.30. The fourth-order valence-corrected chi connectivity index (χ4v) is 4.56. The van der Waals surface area contributed by atoms with E-state index in [0.717, 1.165) is 43.9 Å². The van der Waals surface area contributed by atoms with Crippen LogP contribution in [0.25, 0.3) is 10.9 Å². The third-order valence-corrected chi connectivity index (χ3v) is 6.16. The van der Waals surface area contributed by atoms with Gasteiger partial charge in [0.05, 0.1) is 4.88 Å². The molecule has 1 fully saturated rings. The number of nitrogens with zero attached hydrogens (tertiary/aromatic N) is 2. The number of hydrogen-bond acceptors (Lipinski definition) is 3. The number of piperidine rings is 1. The highest BCUT2D eigenvalue weighted by molar-refractivity contribution is 7.12. The molecule has 3 heterocycles. The highest BCUT2D eigenvalue weighted by atomic mass is 32.1. The molecule has 1 aliphatic rings. The lowest BCUT2D eigenvalue weighted by Crippen LogP contribution is -2.45. The van der Waals surface area contributed by atoms with Gasteiger partial charge in [-0.1, -0.05) is 24.3 Å². The molecule has 4 nitrogen and oxygen atoms in total. The third kappa shape index (κ3) is 3.55. The van der Waals surface area contributed by atoms with Crippen LogP contribution in [0.2, 0.25) is 0 Å². The lowest BCUT2D eigenvalue weighted by molar-refractivity contribution is 0.0710. The van der Waals surface area contributed by atoms with E-state index in [0.29, 0.717) is 6.04 Å². The van der Waals surface area contributed by atoms with E-state index in [1.165, 1.54) is 27.9 Å². The first-order valence-corrected chi connectivity index (χ1v) is 10.2. The third-order valence-electron chi connectivity index (χ3n) is 5.30. The molecule has 1 saturated heterocycles. The molecule has 2 aromatic heterocycles. The molecule has 0 atom stereocenters. The summed E-state index contributed by atoms with van der Waals surface area (Å²) >= 11 is 1.53. The Kier molecular flexibility index (Phi) is 5.09. The Morgan fingerprint density at radius 3 is 2.77 bits per heavy atom. The molecule has 3 aromatic rings. The molecular weight excluding hydrogens is 342 g/mol. The molecule has 0 bridgehead atoms. The highest BCUT2D eigenvalue weighted by Crippen LogP contribution is 2.19. The smallest absolute Gasteiger partial charge is 0.263 e. The number of hydrogen-bond donors (Lipinski definition) is 1. The number of rotatable bonds is 5. The highest BCUT2D eigenvalue weighted by Gasteiger charge is 2.23. The van der Waals surface area contributed by atoms with Crippen molar-refractivity contribution in [3.05, 3.63) is 58.4 Å². The van der Waals surface area contributed by atoms with Gasteiger partial charge < -0.3 is 14.8 Å². The number of aromatic nitrogens is 1. The molecule has 136 valence electrons. The molecule has 1 aliphatic heterocycles. The maximum absolute atomic E-state index is 12.4. The monoisotopic (exact) mass is 367 g/mol. The standard InChI is InChI=1S/C21H25N3OS/c1-16-15-17-5-2-3-6-19(17)24(16)13-10-22-18-8-11-23(12-9-18)21(25)20-7-4-14-26-20/h2-7,14-15,18,22H,8-13H2,1H3. The van der Waals surface area contributed by atoms with Crippen molar-refractivity contribution in [2.45, 2.75) is 32.4 Å². The van der Waals surface area contributed by atoms with Crippen molar-refractivity contribution in [3.63, 3.8) is 0 Å². The average molecular weight is 368 g/mol. The lowest BCUT2D eigenvalue weighted by Gasteiger charge is -2.32. The Morgan fingerprint density at radius 1 is 1.19 bits per heavy atom. The van der Waals surface area contributed by atoms with E-state index in [1.807, 2.05) is 22.4 Å². The number of carbonyl (C=O) groups excluding carboxylic acids is 1. The molecule has 0 aliphatic carbocycles. The van der Waals surface area contributed by atoms with E-state index in [2.05, 4.69) is 47.1 Å². The minimum atomic E-state index is 0.188. The molecule has 0 spiro atoms. The van der Waals surface area contributed by atoms with Crippen LogP contribution < -0.4 is 5.32 Å². The number of likely N-dealkylation sites (tertiary alicyclic amines) is 1. The summed E-state index contributed by atoms with van der Waals surface area (Å²) in [5.41, 5.74) is 2.62. The second-order valence-electron chi connectivity index (χ2n) is 6.99. The number of benzene rings is 1. The van der Waals surface area contributed by atoms with E-state index in [-0.39, 0.29) is 5.91 Å². The SMILES string of the molecule is Cc1cc2ccccc2n1CCNC1CCN(C(=O)c2cccs2)CC1. The zero-order valence-electron chi connectivity index (χ0n) is 15.1. The Morgan fingerprint density at radius 2 is 2.00 bits per heavy atom. The van der Waals surface area contributed by atoms with Crippen LogP contribution >= 0.6 is 11.3 Å². The van der Waals surface area contributed by atoms with Crippen LogP contribution in [-0.2, 0) is 6.54 Å². The van der Waals surface area contributed by atoms with Gasteiger partial charge in [-0.2, -0.15) is 0 Å². The number of amides is 1.